The van der Waals surface area contributed by atoms with E-state index in [1.807, 2.05) is 19.1 Å². The molecular formula is C26H29N5O4. The Bertz CT molecular complexity index is 1170. The predicted octanol–water partition coefficient (Wildman–Crippen LogP) is 2.53. The van der Waals surface area contributed by atoms with Gasteiger partial charge in [0.25, 0.3) is 11.8 Å². The fourth-order valence-electron chi connectivity index (χ4n) is 4.09. The van der Waals surface area contributed by atoms with Gasteiger partial charge < -0.3 is 19.6 Å². The molecule has 9 heteroatoms. The minimum Gasteiger partial charge on any atom is -0.472 e. The van der Waals surface area contributed by atoms with Crippen molar-refractivity contribution in [2.24, 2.45) is 5.92 Å². The molecule has 3 aromatic rings. The van der Waals surface area contributed by atoms with Crippen molar-refractivity contribution in [2.75, 3.05) is 26.7 Å². The summed E-state index contributed by atoms with van der Waals surface area (Å²) < 4.78 is 6.29. The number of aliphatic hydroxyl groups is 1. The van der Waals surface area contributed by atoms with Gasteiger partial charge in [-0.3, -0.25) is 19.6 Å². The molecule has 1 aliphatic rings. The van der Waals surface area contributed by atoms with Crippen LogP contribution in [0.1, 0.15) is 34.6 Å². The van der Waals surface area contributed by atoms with Crippen LogP contribution in [0.25, 0.3) is 11.1 Å². The smallest absolute Gasteiger partial charge is 0.259 e. The van der Waals surface area contributed by atoms with Crippen molar-refractivity contribution in [1.29, 1.82) is 0 Å². The van der Waals surface area contributed by atoms with Gasteiger partial charge in [-0.15, -0.1) is 0 Å². The van der Waals surface area contributed by atoms with E-state index < -0.39 is 12.1 Å². The zero-order valence-corrected chi connectivity index (χ0v) is 20.0. The highest BCUT2D eigenvalue weighted by molar-refractivity contribution is 5.98. The maximum absolute atomic E-state index is 13.6. The molecule has 3 atom stereocenters. The summed E-state index contributed by atoms with van der Waals surface area (Å²) in [4.78, 5) is 42.2. The second-order valence-corrected chi connectivity index (χ2v) is 8.86. The van der Waals surface area contributed by atoms with Crippen molar-refractivity contribution in [3.05, 3.63) is 72.4 Å². The first-order valence-electron chi connectivity index (χ1n) is 11.5. The van der Waals surface area contributed by atoms with E-state index in [0.29, 0.717) is 24.2 Å². The summed E-state index contributed by atoms with van der Waals surface area (Å²) in [5.41, 5.74) is 2.49. The van der Waals surface area contributed by atoms with Crippen LogP contribution in [0.15, 0.2) is 61.3 Å². The summed E-state index contributed by atoms with van der Waals surface area (Å²) >= 11 is 0. The third kappa shape index (κ3) is 5.30. The number of likely N-dealkylation sites (N-methyl/N-ethyl adjacent to an activating group) is 1. The van der Waals surface area contributed by atoms with Crippen LogP contribution in [0.4, 0.5) is 0 Å². The lowest BCUT2D eigenvalue weighted by atomic mass is 9.99. The average Bonchev–Trinajstić information content (AvgIpc) is 2.90. The van der Waals surface area contributed by atoms with E-state index in [9.17, 15) is 14.7 Å². The van der Waals surface area contributed by atoms with E-state index in [2.05, 4.69) is 15.0 Å². The van der Waals surface area contributed by atoms with Gasteiger partial charge in [0, 0.05) is 61.6 Å². The van der Waals surface area contributed by atoms with E-state index in [4.69, 9.17) is 4.74 Å². The third-order valence-corrected chi connectivity index (χ3v) is 6.26. The van der Waals surface area contributed by atoms with Gasteiger partial charge in [0.2, 0.25) is 5.88 Å². The van der Waals surface area contributed by atoms with Crippen molar-refractivity contribution < 1.29 is 19.4 Å². The minimum absolute atomic E-state index is 0.129. The van der Waals surface area contributed by atoms with E-state index in [-0.39, 0.29) is 30.2 Å². The third-order valence-electron chi connectivity index (χ3n) is 6.26. The van der Waals surface area contributed by atoms with Gasteiger partial charge >= 0.3 is 0 Å². The van der Waals surface area contributed by atoms with Crippen LogP contribution in [-0.2, 0) is 0 Å². The lowest BCUT2D eigenvalue weighted by molar-refractivity contribution is 0.0313. The first kappa shape index (κ1) is 24.3. The molecule has 0 saturated carbocycles. The molecule has 9 nitrogen and oxygen atoms in total. The average molecular weight is 476 g/mol. The molecule has 0 spiro atoms. The number of rotatable bonds is 6. The Morgan fingerprint density at radius 3 is 2.49 bits per heavy atom. The highest BCUT2D eigenvalue weighted by Gasteiger charge is 2.34. The Morgan fingerprint density at radius 1 is 1.17 bits per heavy atom. The molecule has 0 aromatic carbocycles. The number of nitrogens with zero attached hydrogens (tertiary/aromatic N) is 5. The highest BCUT2D eigenvalue weighted by atomic mass is 16.5. The molecule has 0 fully saturated rings. The molecule has 0 saturated heterocycles. The van der Waals surface area contributed by atoms with Crippen LogP contribution in [0.3, 0.4) is 0 Å². The maximum Gasteiger partial charge on any atom is 0.259 e. The van der Waals surface area contributed by atoms with Crippen molar-refractivity contribution in [2.45, 2.75) is 26.0 Å². The number of aliphatic hydroxyl groups excluding tert-OH is 1. The van der Waals surface area contributed by atoms with Gasteiger partial charge in [-0.1, -0.05) is 6.92 Å². The molecule has 4 rings (SSSR count). The second-order valence-electron chi connectivity index (χ2n) is 8.86. The van der Waals surface area contributed by atoms with Crippen molar-refractivity contribution in [1.82, 2.24) is 24.8 Å². The number of hydrogen-bond acceptors (Lipinski definition) is 7. The Hall–Kier alpha value is -3.85. The van der Waals surface area contributed by atoms with Gasteiger partial charge in [0.1, 0.15) is 11.7 Å². The molecular weight excluding hydrogens is 446 g/mol. The molecule has 1 aliphatic heterocycles. The van der Waals surface area contributed by atoms with Crippen molar-refractivity contribution in [3.63, 3.8) is 0 Å². The van der Waals surface area contributed by atoms with Crippen LogP contribution in [0.2, 0.25) is 0 Å². The van der Waals surface area contributed by atoms with Crippen molar-refractivity contribution in [3.8, 4) is 17.0 Å². The molecule has 182 valence electrons. The molecule has 0 bridgehead atoms. The number of carbonyl (C=O) groups is 2. The molecule has 4 heterocycles. The van der Waals surface area contributed by atoms with E-state index in [1.54, 1.807) is 73.0 Å². The number of fused-ring (bicyclic) bond motifs is 1. The van der Waals surface area contributed by atoms with E-state index in [1.165, 1.54) is 0 Å². The quantitative estimate of drug-likeness (QED) is 0.584. The normalized spacial score (nSPS) is 18.6. The number of aromatic nitrogens is 3. The first-order chi connectivity index (χ1) is 16.9. The van der Waals surface area contributed by atoms with Crippen LogP contribution < -0.4 is 4.74 Å². The lowest BCUT2D eigenvalue weighted by Gasteiger charge is -2.37. The number of pyridine rings is 3. The first-order valence-corrected chi connectivity index (χ1v) is 11.5. The van der Waals surface area contributed by atoms with Crippen LogP contribution in [0.5, 0.6) is 5.88 Å². The van der Waals surface area contributed by atoms with Gasteiger partial charge in [-0.2, -0.15) is 0 Å². The standard InChI is InChI=1S/C26H29N5O4/c1-17-14-31(18(2)16-32)26(34)22-12-21(19-4-8-27-9-5-19)13-29-24(22)35-23(17)15-30(3)25(33)20-6-10-28-11-7-20/h4-13,17-18,23,32H,14-16H2,1-3H3/t17-,18-,23+/m1/s1. The van der Waals surface area contributed by atoms with Crippen molar-refractivity contribution >= 4 is 11.8 Å². The van der Waals surface area contributed by atoms with E-state index >= 15 is 0 Å². The summed E-state index contributed by atoms with van der Waals surface area (Å²) in [6.07, 6.45) is 7.75. The molecule has 0 radical (unpaired) electrons. The summed E-state index contributed by atoms with van der Waals surface area (Å²) in [5, 5.41) is 9.84. The molecule has 2 amide bonds. The predicted molar refractivity (Wildman–Crippen MR) is 130 cm³/mol. The highest BCUT2D eigenvalue weighted by Crippen LogP contribution is 2.30. The molecule has 1 N–H and O–H groups in total. The number of hydrogen-bond donors (Lipinski definition) is 1. The Morgan fingerprint density at radius 2 is 1.83 bits per heavy atom. The lowest BCUT2D eigenvalue weighted by Crippen LogP contribution is -2.50. The number of amides is 2. The second kappa shape index (κ2) is 10.6. The van der Waals surface area contributed by atoms with Crippen LogP contribution in [0, 0.1) is 5.92 Å². The topological polar surface area (TPSA) is 109 Å². The molecule has 3 aromatic heterocycles. The summed E-state index contributed by atoms with van der Waals surface area (Å²) in [5.74, 6) is -0.320. The Labute approximate surface area is 204 Å². The largest absolute Gasteiger partial charge is 0.472 e. The molecule has 35 heavy (non-hydrogen) atoms. The van der Waals surface area contributed by atoms with Crippen LogP contribution in [-0.4, -0.2) is 80.6 Å². The van der Waals surface area contributed by atoms with Gasteiger partial charge in [0.15, 0.2) is 0 Å². The van der Waals surface area contributed by atoms with E-state index in [0.717, 1.165) is 11.1 Å². The Balaban J connectivity index is 1.68. The minimum atomic E-state index is -0.426. The summed E-state index contributed by atoms with van der Waals surface area (Å²) in [6, 6.07) is 8.39. The SMILES string of the molecule is C[C@@H]1CN([C@H](C)CO)C(=O)c2cc(-c3ccncc3)cnc2O[C@H]1CN(C)C(=O)c1ccncc1. The zero-order chi connectivity index (χ0) is 24.9. The molecule has 0 aliphatic carbocycles. The fraction of sp³-hybridized carbons (Fsp3) is 0.346. The summed E-state index contributed by atoms with van der Waals surface area (Å²) in [6.45, 7) is 4.26. The van der Waals surface area contributed by atoms with Gasteiger partial charge in [-0.25, -0.2) is 4.98 Å². The number of carbonyl (C=O) groups excluding carboxylic acids is 2. The van der Waals surface area contributed by atoms with Gasteiger partial charge in [-0.05, 0) is 42.8 Å². The maximum atomic E-state index is 13.6. The Kier molecular flexibility index (Phi) is 7.36. The number of ether oxygens (including phenoxy) is 1. The zero-order valence-electron chi connectivity index (χ0n) is 20.0. The monoisotopic (exact) mass is 475 g/mol. The van der Waals surface area contributed by atoms with Gasteiger partial charge in [0.05, 0.1) is 19.2 Å². The fourth-order valence-corrected chi connectivity index (χ4v) is 4.09. The summed E-state index contributed by atoms with van der Waals surface area (Å²) in [7, 11) is 1.72. The molecule has 0 unspecified atom stereocenters. The van der Waals surface area contributed by atoms with Crippen LogP contribution >= 0.6 is 0 Å².